The van der Waals surface area contributed by atoms with E-state index in [1.165, 1.54) is 51.9 Å². The van der Waals surface area contributed by atoms with E-state index in [0.717, 1.165) is 18.3 Å². The SMILES string of the molecule is Cc1noc(CN2CCC3(CCNCC3)CC2)n1. The van der Waals surface area contributed by atoms with E-state index in [1.54, 1.807) is 0 Å². The van der Waals surface area contributed by atoms with Crippen molar-refractivity contribution in [1.29, 1.82) is 0 Å². The fourth-order valence-electron chi connectivity index (χ4n) is 3.24. The number of rotatable bonds is 2. The van der Waals surface area contributed by atoms with E-state index in [-0.39, 0.29) is 0 Å². The van der Waals surface area contributed by atoms with Gasteiger partial charge >= 0.3 is 0 Å². The number of nitrogens with zero attached hydrogens (tertiary/aromatic N) is 3. The van der Waals surface area contributed by atoms with Crippen LogP contribution in [0.1, 0.15) is 37.4 Å². The molecule has 3 rings (SSSR count). The summed E-state index contributed by atoms with van der Waals surface area (Å²) in [6.07, 6.45) is 5.34. The molecule has 1 spiro atoms. The summed E-state index contributed by atoms with van der Waals surface area (Å²) in [5.41, 5.74) is 0.618. The Bertz CT molecular complexity index is 387. The molecule has 2 fully saturated rings. The summed E-state index contributed by atoms with van der Waals surface area (Å²) in [4.78, 5) is 6.72. The molecule has 100 valence electrons. The molecule has 0 aromatic carbocycles. The molecule has 2 aliphatic rings. The summed E-state index contributed by atoms with van der Waals surface area (Å²) in [6.45, 7) is 7.41. The molecule has 0 radical (unpaired) electrons. The lowest BCUT2D eigenvalue weighted by molar-refractivity contribution is 0.0645. The van der Waals surface area contributed by atoms with Gasteiger partial charge in [-0.05, 0) is 64.2 Å². The van der Waals surface area contributed by atoms with Gasteiger partial charge in [0.05, 0.1) is 6.54 Å². The van der Waals surface area contributed by atoms with E-state index in [1.807, 2.05) is 6.92 Å². The second-order valence-corrected chi connectivity index (χ2v) is 5.76. The van der Waals surface area contributed by atoms with Crippen LogP contribution in [-0.4, -0.2) is 41.2 Å². The number of aromatic nitrogens is 2. The number of aryl methyl sites for hydroxylation is 1. The summed E-state index contributed by atoms with van der Waals surface area (Å²) in [6, 6.07) is 0. The largest absolute Gasteiger partial charge is 0.338 e. The summed E-state index contributed by atoms with van der Waals surface area (Å²) in [7, 11) is 0. The molecule has 5 heteroatoms. The average Bonchev–Trinajstić information content (AvgIpc) is 2.79. The highest BCUT2D eigenvalue weighted by Gasteiger charge is 2.35. The molecule has 1 aromatic heterocycles. The Morgan fingerprint density at radius 1 is 1.22 bits per heavy atom. The molecule has 5 nitrogen and oxygen atoms in total. The van der Waals surface area contributed by atoms with Crippen molar-refractivity contribution >= 4 is 0 Å². The first-order chi connectivity index (χ1) is 8.76. The monoisotopic (exact) mass is 250 g/mol. The van der Waals surface area contributed by atoms with Gasteiger partial charge in [-0.3, -0.25) is 4.90 Å². The quantitative estimate of drug-likeness (QED) is 0.858. The van der Waals surface area contributed by atoms with Gasteiger partial charge in [0, 0.05) is 0 Å². The molecule has 0 aliphatic carbocycles. The van der Waals surface area contributed by atoms with E-state index in [9.17, 15) is 0 Å². The van der Waals surface area contributed by atoms with E-state index in [0.29, 0.717) is 5.41 Å². The zero-order valence-corrected chi connectivity index (χ0v) is 11.1. The molecule has 0 bridgehead atoms. The fourth-order valence-corrected chi connectivity index (χ4v) is 3.24. The highest BCUT2D eigenvalue weighted by atomic mass is 16.5. The standard InChI is InChI=1S/C13H22N4O/c1-11-15-12(18-16-11)10-17-8-4-13(5-9-17)2-6-14-7-3-13/h14H,2-10H2,1H3. The highest BCUT2D eigenvalue weighted by molar-refractivity contribution is 4.91. The summed E-state index contributed by atoms with van der Waals surface area (Å²) in [5, 5.41) is 7.31. The summed E-state index contributed by atoms with van der Waals surface area (Å²) >= 11 is 0. The number of nitrogens with one attached hydrogen (secondary N) is 1. The maximum Gasteiger partial charge on any atom is 0.240 e. The van der Waals surface area contributed by atoms with Crippen LogP contribution in [0.15, 0.2) is 4.52 Å². The van der Waals surface area contributed by atoms with Crippen molar-refractivity contribution in [3.05, 3.63) is 11.7 Å². The maximum absolute atomic E-state index is 5.19. The van der Waals surface area contributed by atoms with Gasteiger partial charge in [0.2, 0.25) is 5.89 Å². The van der Waals surface area contributed by atoms with Crippen molar-refractivity contribution in [2.24, 2.45) is 5.41 Å². The minimum Gasteiger partial charge on any atom is -0.338 e. The molecular formula is C13H22N4O. The first kappa shape index (κ1) is 12.1. The topological polar surface area (TPSA) is 54.2 Å². The lowest BCUT2D eigenvalue weighted by atomic mass is 9.71. The Morgan fingerprint density at radius 3 is 2.56 bits per heavy atom. The lowest BCUT2D eigenvalue weighted by Crippen LogP contribution is -2.45. The zero-order valence-electron chi connectivity index (χ0n) is 11.1. The fraction of sp³-hybridized carbons (Fsp3) is 0.846. The molecule has 2 aliphatic heterocycles. The normalized spacial score (nSPS) is 24.5. The van der Waals surface area contributed by atoms with Crippen LogP contribution in [0.25, 0.3) is 0 Å². The van der Waals surface area contributed by atoms with Crippen LogP contribution in [0.3, 0.4) is 0 Å². The maximum atomic E-state index is 5.19. The molecule has 0 saturated carbocycles. The Balaban J connectivity index is 1.53. The van der Waals surface area contributed by atoms with E-state index in [4.69, 9.17) is 4.52 Å². The first-order valence-corrected chi connectivity index (χ1v) is 6.98. The minimum atomic E-state index is 0.618. The van der Waals surface area contributed by atoms with Crippen molar-refractivity contribution in [2.45, 2.75) is 39.2 Å². The first-order valence-electron chi connectivity index (χ1n) is 6.98. The smallest absolute Gasteiger partial charge is 0.240 e. The van der Waals surface area contributed by atoms with Crippen LogP contribution in [0.2, 0.25) is 0 Å². The van der Waals surface area contributed by atoms with Gasteiger partial charge in [-0.15, -0.1) is 0 Å². The van der Waals surface area contributed by atoms with Crippen LogP contribution >= 0.6 is 0 Å². The van der Waals surface area contributed by atoms with Crippen LogP contribution in [0, 0.1) is 12.3 Å². The van der Waals surface area contributed by atoms with Gasteiger partial charge in [0.25, 0.3) is 0 Å². The third-order valence-corrected chi connectivity index (χ3v) is 4.51. The zero-order chi connectivity index (χ0) is 12.4. The van der Waals surface area contributed by atoms with Crippen molar-refractivity contribution in [1.82, 2.24) is 20.4 Å². The van der Waals surface area contributed by atoms with Gasteiger partial charge < -0.3 is 9.84 Å². The Kier molecular flexibility index (Phi) is 3.35. The predicted octanol–water partition coefficient (Wildman–Crippen LogP) is 1.34. The number of hydrogen-bond acceptors (Lipinski definition) is 5. The van der Waals surface area contributed by atoms with Crippen LogP contribution in [0.5, 0.6) is 0 Å². The number of piperidine rings is 2. The van der Waals surface area contributed by atoms with Gasteiger partial charge in [0.1, 0.15) is 0 Å². The average molecular weight is 250 g/mol. The second kappa shape index (κ2) is 4.97. The molecule has 0 amide bonds. The third kappa shape index (κ3) is 2.57. The summed E-state index contributed by atoms with van der Waals surface area (Å²) in [5.74, 6) is 1.49. The molecular weight excluding hydrogens is 228 g/mol. The third-order valence-electron chi connectivity index (χ3n) is 4.51. The predicted molar refractivity (Wildman–Crippen MR) is 68.1 cm³/mol. The van der Waals surface area contributed by atoms with Crippen molar-refractivity contribution in [3.8, 4) is 0 Å². The van der Waals surface area contributed by atoms with E-state index in [2.05, 4.69) is 20.4 Å². The number of likely N-dealkylation sites (tertiary alicyclic amines) is 1. The second-order valence-electron chi connectivity index (χ2n) is 5.76. The Labute approximate surface area is 108 Å². The molecule has 1 aromatic rings. The molecule has 2 saturated heterocycles. The van der Waals surface area contributed by atoms with Crippen molar-refractivity contribution < 1.29 is 4.52 Å². The lowest BCUT2D eigenvalue weighted by Gasteiger charge is -2.44. The highest BCUT2D eigenvalue weighted by Crippen LogP contribution is 2.39. The Morgan fingerprint density at radius 2 is 1.94 bits per heavy atom. The van der Waals surface area contributed by atoms with E-state index < -0.39 is 0 Å². The Hall–Kier alpha value is -0.940. The molecule has 0 unspecified atom stereocenters. The summed E-state index contributed by atoms with van der Waals surface area (Å²) < 4.78 is 5.19. The molecule has 3 heterocycles. The molecule has 1 N–H and O–H groups in total. The van der Waals surface area contributed by atoms with Crippen LogP contribution in [-0.2, 0) is 6.54 Å². The minimum absolute atomic E-state index is 0.618. The number of hydrogen-bond donors (Lipinski definition) is 1. The molecule has 18 heavy (non-hydrogen) atoms. The van der Waals surface area contributed by atoms with Crippen LogP contribution < -0.4 is 5.32 Å². The van der Waals surface area contributed by atoms with Gasteiger partial charge in [-0.25, -0.2) is 0 Å². The van der Waals surface area contributed by atoms with Crippen LogP contribution in [0.4, 0.5) is 0 Å². The van der Waals surface area contributed by atoms with Crippen molar-refractivity contribution in [2.75, 3.05) is 26.2 Å². The van der Waals surface area contributed by atoms with Crippen molar-refractivity contribution in [3.63, 3.8) is 0 Å². The van der Waals surface area contributed by atoms with Gasteiger partial charge in [0.15, 0.2) is 5.82 Å². The van der Waals surface area contributed by atoms with Gasteiger partial charge in [-0.2, -0.15) is 4.98 Å². The van der Waals surface area contributed by atoms with Gasteiger partial charge in [-0.1, -0.05) is 5.16 Å². The molecule has 0 atom stereocenters. The van der Waals surface area contributed by atoms with E-state index >= 15 is 0 Å².